The van der Waals surface area contributed by atoms with Gasteiger partial charge in [0.2, 0.25) is 0 Å². The van der Waals surface area contributed by atoms with Crippen LogP contribution in [0, 0.1) is 6.92 Å². The Hall–Kier alpha value is -3.86. The van der Waals surface area contributed by atoms with E-state index in [1.165, 1.54) is 0 Å². The topological polar surface area (TPSA) is 60.3 Å². The molecular formula is C25H22N2O3. The summed E-state index contributed by atoms with van der Waals surface area (Å²) in [7, 11) is 3.43. The van der Waals surface area contributed by atoms with Gasteiger partial charge in [0.1, 0.15) is 11.6 Å². The molecular weight excluding hydrogens is 376 g/mol. The van der Waals surface area contributed by atoms with E-state index in [-0.39, 0.29) is 11.3 Å². The molecule has 5 nitrogen and oxygen atoms in total. The Morgan fingerprint density at radius 3 is 2.27 bits per heavy atom. The number of methoxy groups -OCH3 is 1. The first-order valence-electron chi connectivity index (χ1n) is 9.64. The standard InChI is InChI=1S/C25H22N2O3/c1-16-8-10-17(11-9-16)22-23(28)20-6-4-5-7-21(20)27(2)24(22)26-25(29)18-12-14-19(30-3)15-13-18/h4-15H,1-3H3,(H,26,29). The number of hydrogen-bond donors (Lipinski definition) is 1. The number of pyridine rings is 1. The highest BCUT2D eigenvalue weighted by Crippen LogP contribution is 2.29. The number of anilines is 1. The van der Waals surface area contributed by atoms with Gasteiger partial charge < -0.3 is 14.6 Å². The van der Waals surface area contributed by atoms with Crippen molar-refractivity contribution in [1.29, 1.82) is 0 Å². The number of aromatic nitrogens is 1. The zero-order chi connectivity index (χ0) is 21.3. The van der Waals surface area contributed by atoms with Crippen molar-refractivity contribution in [1.82, 2.24) is 4.57 Å². The number of hydrogen-bond acceptors (Lipinski definition) is 3. The molecule has 0 fully saturated rings. The van der Waals surface area contributed by atoms with Crippen molar-refractivity contribution in [3.63, 3.8) is 0 Å². The van der Waals surface area contributed by atoms with Crippen molar-refractivity contribution in [3.8, 4) is 16.9 Å². The van der Waals surface area contributed by atoms with Crippen LogP contribution in [0.2, 0.25) is 0 Å². The number of nitrogens with one attached hydrogen (secondary N) is 1. The molecule has 3 aromatic carbocycles. The fourth-order valence-corrected chi connectivity index (χ4v) is 3.54. The molecule has 0 unspecified atom stereocenters. The summed E-state index contributed by atoms with van der Waals surface area (Å²) in [6.45, 7) is 1.99. The van der Waals surface area contributed by atoms with E-state index in [9.17, 15) is 9.59 Å². The van der Waals surface area contributed by atoms with Crippen molar-refractivity contribution in [2.75, 3.05) is 12.4 Å². The lowest BCUT2D eigenvalue weighted by atomic mass is 10.0. The zero-order valence-corrected chi connectivity index (χ0v) is 17.1. The Morgan fingerprint density at radius 1 is 0.933 bits per heavy atom. The third-order valence-electron chi connectivity index (χ3n) is 5.23. The second-order valence-corrected chi connectivity index (χ2v) is 7.18. The van der Waals surface area contributed by atoms with Gasteiger partial charge in [-0.3, -0.25) is 9.59 Å². The third-order valence-corrected chi connectivity index (χ3v) is 5.23. The maximum atomic E-state index is 13.4. The van der Waals surface area contributed by atoms with Crippen LogP contribution in [0.4, 0.5) is 5.82 Å². The third kappa shape index (κ3) is 3.46. The van der Waals surface area contributed by atoms with Crippen molar-refractivity contribution in [2.24, 2.45) is 7.05 Å². The SMILES string of the molecule is COc1ccc(C(=O)Nc2c(-c3ccc(C)cc3)c(=O)c3ccccc3n2C)cc1. The van der Waals surface area contributed by atoms with Gasteiger partial charge in [-0.25, -0.2) is 0 Å². The van der Waals surface area contributed by atoms with E-state index in [0.717, 1.165) is 16.6 Å². The van der Waals surface area contributed by atoms with Gasteiger partial charge >= 0.3 is 0 Å². The predicted molar refractivity (Wildman–Crippen MR) is 120 cm³/mol. The molecule has 0 saturated heterocycles. The molecule has 30 heavy (non-hydrogen) atoms. The van der Waals surface area contributed by atoms with Gasteiger partial charge in [-0.15, -0.1) is 0 Å². The van der Waals surface area contributed by atoms with Crippen molar-refractivity contribution >= 4 is 22.6 Å². The van der Waals surface area contributed by atoms with E-state index in [4.69, 9.17) is 4.74 Å². The molecule has 4 rings (SSSR count). The molecule has 0 spiro atoms. The number of amides is 1. The summed E-state index contributed by atoms with van der Waals surface area (Å²) in [6.07, 6.45) is 0. The van der Waals surface area contributed by atoms with E-state index in [0.29, 0.717) is 28.1 Å². The molecule has 0 aliphatic carbocycles. The number of ether oxygens (including phenoxy) is 1. The second-order valence-electron chi connectivity index (χ2n) is 7.18. The van der Waals surface area contributed by atoms with Gasteiger partial charge in [-0.2, -0.15) is 0 Å². The van der Waals surface area contributed by atoms with Crippen LogP contribution in [0.1, 0.15) is 15.9 Å². The van der Waals surface area contributed by atoms with Crippen molar-refractivity contribution < 1.29 is 9.53 Å². The van der Waals surface area contributed by atoms with Crippen LogP contribution >= 0.6 is 0 Å². The maximum absolute atomic E-state index is 13.4. The summed E-state index contributed by atoms with van der Waals surface area (Å²) in [5, 5.41) is 3.57. The van der Waals surface area contributed by atoms with Gasteiger partial charge in [0, 0.05) is 18.0 Å². The average Bonchev–Trinajstić information content (AvgIpc) is 2.78. The Kier molecular flexibility index (Phi) is 5.11. The monoisotopic (exact) mass is 398 g/mol. The second kappa shape index (κ2) is 7.87. The fourth-order valence-electron chi connectivity index (χ4n) is 3.54. The van der Waals surface area contributed by atoms with Gasteiger partial charge in [-0.05, 0) is 48.9 Å². The van der Waals surface area contributed by atoms with Crippen molar-refractivity contribution in [3.05, 3.63) is 94.1 Å². The number of fused-ring (bicyclic) bond motifs is 1. The molecule has 0 aliphatic heterocycles. The summed E-state index contributed by atoms with van der Waals surface area (Å²) < 4.78 is 7.01. The van der Waals surface area contributed by atoms with Crippen LogP contribution in [-0.2, 0) is 7.05 Å². The molecule has 150 valence electrons. The Labute approximate surface area is 174 Å². The largest absolute Gasteiger partial charge is 0.497 e. The molecule has 1 amide bonds. The van der Waals surface area contributed by atoms with Gasteiger partial charge in [0.25, 0.3) is 5.91 Å². The normalized spacial score (nSPS) is 10.8. The number of carbonyl (C=O) groups is 1. The molecule has 0 atom stereocenters. The highest BCUT2D eigenvalue weighted by Gasteiger charge is 2.19. The van der Waals surface area contributed by atoms with Crippen LogP contribution in [0.3, 0.4) is 0 Å². The molecule has 5 heteroatoms. The van der Waals surface area contributed by atoms with Crippen LogP contribution in [0.25, 0.3) is 22.0 Å². The molecule has 1 aromatic heterocycles. The van der Waals surface area contributed by atoms with Crippen LogP contribution in [-0.4, -0.2) is 17.6 Å². The van der Waals surface area contributed by atoms with Crippen molar-refractivity contribution in [2.45, 2.75) is 6.92 Å². The predicted octanol–water partition coefficient (Wildman–Crippen LogP) is 4.77. The Morgan fingerprint density at radius 2 is 1.60 bits per heavy atom. The van der Waals surface area contributed by atoms with E-state index >= 15 is 0 Å². The quantitative estimate of drug-likeness (QED) is 0.538. The average molecular weight is 398 g/mol. The minimum Gasteiger partial charge on any atom is -0.497 e. The number of benzene rings is 3. The first-order chi connectivity index (χ1) is 14.5. The highest BCUT2D eigenvalue weighted by atomic mass is 16.5. The lowest BCUT2D eigenvalue weighted by molar-refractivity contribution is 0.102. The summed E-state index contributed by atoms with van der Waals surface area (Å²) in [6, 6.07) is 22.0. The van der Waals surface area contributed by atoms with Gasteiger partial charge in [-0.1, -0.05) is 42.0 Å². The Balaban J connectivity index is 1.89. The smallest absolute Gasteiger partial charge is 0.256 e. The zero-order valence-electron chi connectivity index (χ0n) is 17.1. The molecule has 1 heterocycles. The summed E-state index contributed by atoms with van der Waals surface area (Å²) in [5.74, 6) is 0.838. The van der Waals surface area contributed by atoms with Gasteiger partial charge in [0.15, 0.2) is 5.43 Å². The lowest BCUT2D eigenvalue weighted by Crippen LogP contribution is -2.21. The first kappa shape index (κ1) is 19.5. The summed E-state index contributed by atoms with van der Waals surface area (Å²) in [4.78, 5) is 26.4. The van der Waals surface area contributed by atoms with E-state index in [1.807, 2.05) is 67.1 Å². The number of para-hydroxylation sites is 1. The van der Waals surface area contributed by atoms with Crippen LogP contribution in [0.5, 0.6) is 5.75 Å². The van der Waals surface area contributed by atoms with Gasteiger partial charge in [0.05, 0.1) is 18.2 Å². The maximum Gasteiger partial charge on any atom is 0.256 e. The molecule has 0 aliphatic rings. The minimum atomic E-state index is -0.295. The molecule has 1 N–H and O–H groups in total. The van der Waals surface area contributed by atoms with E-state index < -0.39 is 0 Å². The Bertz CT molecular complexity index is 1290. The molecule has 4 aromatic rings. The molecule has 0 radical (unpaired) electrons. The highest BCUT2D eigenvalue weighted by molar-refractivity contribution is 6.06. The van der Waals surface area contributed by atoms with Crippen LogP contribution < -0.4 is 15.5 Å². The van der Waals surface area contributed by atoms with E-state index in [2.05, 4.69) is 5.32 Å². The lowest BCUT2D eigenvalue weighted by Gasteiger charge is -2.18. The summed E-state index contributed by atoms with van der Waals surface area (Å²) in [5.41, 5.74) is 3.45. The number of nitrogens with zero attached hydrogens (tertiary/aromatic N) is 1. The fraction of sp³-hybridized carbons (Fsp3) is 0.120. The molecule has 0 saturated carbocycles. The van der Waals surface area contributed by atoms with E-state index in [1.54, 1.807) is 31.4 Å². The molecule has 0 bridgehead atoms. The number of rotatable bonds is 4. The number of carbonyl (C=O) groups excluding carboxylic acids is 1. The van der Waals surface area contributed by atoms with Crippen LogP contribution in [0.15, 0.2) is 77.6 Å². The minimum absolute atomic E-state index is 0.113. The summed E-state index contributed by atoms with van der Waals surface area (Å²) >= 11 is 0. The number of aryl methyl sites for hydroxylation is 2. The first-order valence-corrected chi connectivity index (χ1v) is 9.64.